The Labute approximate surface area is 100 Å². The third-order valence-corrected chi connectivity index (χ3v) is 2.68. The van der Waals surface area contributed by atoms with Gasteiger partial charge in [-0.3, -0.25) is 0 Å². The maximum absolute atomic E-state index is 13.3. The van der Waals surface area contributed by atoms with E-state index in [0.717, 1.165) is 6.07 Å². The lowest BCUT2D eigenvalue weighted by Gasteiger charge is -2.08. The van der Waals surface area contributed by atoms with Crippen molar-refractivity contribution in [3.63, 3.8) is 0 Å². The topological polar surface area (TPSA) is 59.4 Å². The van der Waals surface area contributed by atoms with Gasteiger partial charge in [0.1, 0.15) is 23.7 Å². The van der Waals surface area contributed by atoms with Gasteiger partial charge in [-0.2, -0.15) is 0 Å². The van der Waals surface area contributed by atoms with E-state index in [-0.39, 0.29) is 12.4 Å². The number of aromatic carboxylic acids is 1. The van der Waals surface area contributed by atoms with Gasteiger partial charge in [-0.25, -0.2) is 14.2 Å². The summed E-state index contributed by atoms with van der Waals surface area (Å²) in [6.07, 6.45) is 0. The Balaban J connectivity index is 2.21. The van der Waals surface area contributed by atoms with Crippen molar-refractivity contribution in [2.75, 3.05) is 0 Å². The highest BCUT2D eigenvalue weighted by molar-refractivity contribution is 7.07. The van der Waals surface area contributed by atoms with Gasteiger partial charge >= 0.3 is 5.97 Å². The second-order valence-electron chi connectivity index (χ2n) is 3.19. The van der Waals surface area contributed by atoms with E-state index in [0.29, 0.717) is 5.69 Å². The summed E-state index contributed by atoms with van der Waals surface area (Å²) in [5.74, 6) is -2.16. The lowest BCUT2D eigenvalue weighted by molar-refractivity contribution is 0.0686. The van der Waals surface area contributed by atoms with Gasteiger partial charge in [0.2, 0.25) is 0 Å². The summed E-state index contributed by atoms with van der Waals surface area (Å²) in [6.45, 7) is 0.118. The van der Waals surface area contributed by atoms with Crippen molar-refractivity contribution >= 4 is 17.3 Å². The molecule has 17 heavy (non-hydrogen) atoms. The van der Waals surface area contributed by atoms with Crippen molar-refractivity contribution in [2.24, 2.45) is 0 Å². The quantitative estimate of drug-likeness (QED) is 0.909. The Morgan fingerprint density at radius 2 is 2.35 bits per heavy atom. The van der Waals surface area contributed by atoms with Crippen molar-refractivity contribution < 1.29 is 19.0 Å². The predicted molar refractivity (Wildman–Crippen MR) is 59.8 cm³/mol. The summed E-state index contributed by atoms with van der Waals surface area (Å²) in [5.41, 5.74) is 1.86. The zero-order chi connectivity index (χ0) is 12.3. The highest BCUT2D eigenvalue weighted by atomic mass is 32.1. The van der Waals surface area contributed by atoms with Crippen LogP contribution in [0.15, 0.2) is 29.1 Å². The van der Waals surface area contributed by atoms with Crippen LogP contribution in [-0.4, -0.2) is 16.1 Å². The van der Waals surface area contributed by atoms with Crippen LogP contribution in [0.4, 0.5) is 4.39 Å². The SMILES string of the molecule is O=C(O)c1c(F)cccc1OCc1cscn1. The number of nitrogens with zero attached hydrogens (tertiary/aromatic N) is 1. The van der Waals surface area contributed by atoms with E-state index < -0.39 is 17.3 Å². The standard InChI is InChI=1S/C11H8FNO3S/c12-8-2-1-3-9(10(8)11(14)15)16-4-7-5-17-6-13-7/h1-3,5-6H,4H2,(H,14,15). The van der Waals surface area contributed by atoms with Crippen LogP contribution in [-0.2, 0) is 6.61 Å². The van der Waals surface area contributed by atoms with Gasteiger partial charge in [0, 0.05) is 5.38 Å². The molecule has 0 atom stereocenters. The van der Waals surface area contributed by atoms with E-state index in [2.05, 4.69) is 4.98 Å². The van der Waals surface area contributed by atoms with E-state index in [9.17, 15) is 9.18 Å². The van der Waals surface area contributed by atoms with Crippen LogP contribution in [0, 0.1) is 5.82 Å². The third-order valence-electron chi connectivity index (χ3n) is 2.05. The second kappa shape index (κ2) is 4.92. The number of benzene rings is 1. The van der Waals surface area contributed by atoms with Crippen molar-refractivity contribution in [2.45, 2.75) is 6.61 Å². The number of carboxylic acid groups (broad SMARTS) is 1. The molecule has 88 valence electrons. The average Bonchev–Trinajstić information content (AvgIpc) is 2.78. The third kappa shape index (κ3) is 2.59. The smallest absolute Gasteiger partial charge is 0.342 e. The molecule has 0 fully saturated rings. The van der Waals surface area contributed by atoms with Gasteiger partial charge in [-0.1, -0.05) is 6.07 Å². The van der Waals surface area contributed by atoms with Crippen LogP contribution < -0.4 is 4.74 Å². The molecule has 2 rings (SSSR count). The Morgan fingerprint density at radius 3 is 3.00 bits per heavy atom. The maximum Gasteiger partial charge on any atom is 0.342 e. The maximum atomic E-state index is 13.3. The number of carboxylic acids is 1. The van der Waals surface area contributed by atoms with Crippen molar-refractivity contribution in [3.05, 3.63) is 46.2 Å². The Hall–Kier alpha value is -1.95. The normalized spacial score (nSPS) is 10.2. The lowest BCUT2D eigenvalue weighted by Crippen LogP contribution is -2.06. The molecule has 0 radical (unpaired) electrons. The highest BCUT2D eigenvalue weighted by Gasteiger charge is 2.16. The van der Waals surface area contributed by atoms with Crippen molar-refractivity contribution in [1.82, 2.24) is 4.98 Å². The fourth-order valence-corrected chi connectivity index (χ4v) is 1.84. The molecule has 0 unspecified atom stereocenters. The number of carbonyl (C=O) groups is 1. The molecule has 6 heteroatoms. The Bertz CT molecular complexity index is 528. The van der Waals surface area contributed by atoms with Gasteiger partial charge in [0.25, 0.3) is 0 Å². The molecule has 1 N–H and O–H groups in total. The molecular formula is C11H8FNO3S. The van der Waals surface area contributed by atoms with Crippen molar-refractivity contribution in [3.8, 4) is 5.75 Å². The molecule has 2 aromatic rings. The first kappa shape index (κ1) is 11.5. The first-order valence-corrected chi connectivity index (χ1v) is 5.64. The highest BCUT2D eigenvalue weighted by Crippen LogP contribution is 2.22. The van der Waals surface area contributed by atoms with Gasteiger partial charge < -0.3 is 9.84 Å². The number of ether oxygens (including phenoxy) is 1. The molecule has 1 aromatic carbocycles. The minimum atomic E-state index is -1.35. The summed E-state index contributed by atoms with van der Waals surface area (Å²) < 4.78 is 18.5. The molecule has 0 saturated heterocycles. The van der Waals surface area contributed by atoms with E-state index in [1.165, 1.54) is 23.5 Å². The predicted octanol–water partition coefficient (Wildman–Crippen LogP) is 2.56. The van der Waals surface area contributed by atoms with Crippen LogP contribution in [0.1, 0.15) is 16.1 Å². The molecule has 0 bridgehead atoms. The number of thiazole rings is 1. The molecule has 0 aliphatic rings. The Morgan fingerprint density at radius 1 is 1.53 bits per heavy atom. The summed E-state index contributed by atoms with van der Waals surface area (Å²) in [5, 5.41) is 10.6. The zero-order valence-electron chi connectivity index (χ0n) is 8.59. The van der Waals surface area contributed by atoms with Crippen LogP contribution in [0.3, 0.4) is 0 Å². The number of halogens is 1. The molecule has 0 aliphatic carbocycles. The monoisotopic (exact) mass is 253 g/mol. The minimum Gasteiger partial charge on any atom is -0.486 e. The minimum absolute atomic E-state index is 0.00509. The van der Waals surface area contributed by atoms with E-state index in [4.69, 9.17) is 9.84 Å². The first-order valence-electron chi connectivity index (χ1n) is 4.70. The molecule has 4 nitrogen and oxygen atoms in total. The van der Waals surface area contributed by atoms with Gasteiger partial charge in [-0.15, -0.1) is 11.3 Å². The van der Waals surface area contributed by atoms with Crippen LogP contribution in [0.25, 0.3) is 0 Å². The molecule has 1 aromatic heterocycles. The summed E-state index contributed by atoms with van der Waals surface area (Å²) in [6, 6.07) is 3.90. The molecular weight excluding hydrogens is 245 g/mol. The van der Waals surface area contributed by atoms with Gasteiger partial charge in [-0.05, 0) is 12.1 Å². The summed E-state index contributed by atoms with van der Waals surface area (Å²) in [7, 11) is 0. The lowest BCUT2D eigenvalue weighted by atomic mass is 10.2. The first-order chi connectivity index (χ1) is 8.18. The Kier molecular flexibility index (Phi) is 3.34. The summed E-state index contributed by atoms with van der Waals surface area (Å²) in [4.78, 5) is 14.9. The van der Waals surface area contributed by atoms with Gasteiger partial charge in [0.05, 0.1) is 11.2 Å². The molecule has 0 amide bonds. The van der Waals surface area contributed by atoms with E-state index >= 15 is 0 Å². The van der Waals surface area contributed by atoms with E-state index in [1.54, 1.807) is 10.9 Å². The summed E-state index contributed by atoms with van der Waals surface area (Å²) >= 11 is 1.41. The second-order valence-corrected chi connectivity index (χ2v) is 3.91. The fraction of sp³-hybridized carbons (Fsp3) is 0.0909. The molecule has 0 aliphatic heterocycles. The van der Waals surface area contributed by atoms with Crippen LogP contribution in [0.5, 0.6) is 5.75 Å². The molecule has 0 saturated carbocycles. The molecule has 0 spiro atoms. The number of aromatic nitrogens is 1. The average molecular weight is 253 g/mol. The largest absolute Gasteiger partial charge is 0.486 e. The zero-order valence-corrected chi connectivity index (χ0v) is 9.41. The molecule has 1 heterocycles. The van der Waals surface area contributed by atoms with Crippen molar-refractivity contribution in [1.29, 1.82) is 0 Å². The number of rotatable bonds is 4. The van der Waals surface area contributed by atoms with Gasteiger partial charge in [0.15, 0.2) is 0 Å². The van der Waals surface area contributed by atoms with E-state index in [1.807, 2.05) is 0 Å². The van der Waals surface area contributed by atoms with Crippen LogP contribution in [0.2, 0.25) is 0 Å². The van der Waals surface area contributed by atoms with Crippen LogP contribution >= 0.6 is 11.3 Å². The number of hydrogen-bond acceptors (Lipinski definition) is 4. The number of hydrogen-bond donors (Lipinski definition) is 1. The fourth-order valence-electron chi connectivity index (χ4n) is 1.29.